The molecule has 2 aromatic rings. The van der Waals surface area contributed by atoms with Crippen LogP contribution in [-0.4, -0.2) is 38.5 Å². The van der Waals surface area contributed by atoms with Crippen LogP contribution < -0.4 is 5.32 Å². The third kappa shape index (κ3) is 2.39. The van der Waals surface area contributed by atoms with Crippen LogP contribution in [0.25, 0.3) is 5.82 Å². The van der Waals surface area contributed by atoms with Crippen molar-refractivity contribution in [2.24, 2.45) is 7.05 Å². The van der Waals surface area contributed by atoms with Gasteiger partial charge in [0.1, 0.15) is 11.4 Å². The van der Waals surface area contributed by atoms with Gasteiger partial charge in [0.15, 0.2) is 0 Å². The molecule has 0 spiro atoms. The maximum atomic E-state index is 12.1. The molecule has 0 aliphatic rings. The van der Waals surface area contributed by atoms with Gasteiger partial charge in [-0.25, -0.2) is 0 Å². The van der Waals surface area contributed by atoms with Gasteiger partial charge in [0.05, 0.1) is 12.8 Å². The molecule has 102 valence electrons. The molecule has 0 saturated heterocycles. The second-order valence-electron chi connectivity index (χ2n) is 4.44. The molecule has 0 saturated carbocycles. The van der Waals surface area contributed by atoms with Crippen molar-refractivity contribution in [2.75, 3.05) is 13.2 Å². The number of rotatable bonds is 4. The number of carbonyl (C=O) groups excluding carboxylic acids is 1. The lowest BCUT2D eigenvalue weighted by atomic mass is 10.3. The van der Waals surface area contributed by atoms with Crippen LogP contribution >= 0.6 is 0 Å². The van der Waals surface area contributed by atoms with Crippen molar-refractivity contribution in [3.8, 4) is 5.82 Å². The molecule has 0 aliphatic heterocycles. The van der Waals surface area contributed by atoms with Gasteiger partial charge in [-0.1, -0.05) is 0 Å². The van der Waals surface area contributed by atoms with Crippen LogP contribution in [0.1, 0.15) is 21.7 Å². The number of hydrogen-bond acceptors (Lipinski definition) is 3. The van der Waals surface area contributed by atoms with Gasteiger partial charge in [-0.3, -0.25) is 9.48 Å². The molecule has 0 unspecified atom stereocenters. The maximum Gasteiger partial charge on any atom is 0.256 e. The molecular formula is C13H18N4O2. The van der Waals surface area contributed by atoms with Gasteiger partial charge in [0.2, 0.25) is 0 Å². The molecule has 0 fully saturated rings. The zero-order valence-electron chi connectivity index (χ0n) is 11.3. The molecule has 2 heterocycles. The molecule has 2 aromatic heterocycles. The van der Waals surface area contributed by atoms with Crippen molar-refractivity contribution < 1.29 is 9.90 Å². The van der Waals surface area contributed by atoms with Crippen LogP contribution in [-0.2, 0) is 7.05 Å². The number of hydrogen-bond donors (Lipinski definition) is 2. The monoisotopic (exact) mass is 262 g/mol. The fraction of sp³-hybridized carbons (Fsp3) is 0.385. The summed E-state index contributed by atoms with van der Waals surface area (Å²) < 4.78 is 3.66. The van der Waals surface area contributed by atoms with Gasteiger partial charge in [0, 0.05) is 25.0 Å². The van der Waals surface area contributed by atoms with Gasteiger partial charge in [-0.2, -0.15) is 5.10 Å². The first-order valence-electron chi connectivity index (χ1n) is 6.12. The van der Waals surface area contributed by atoms with E-state index in [0.717, 1.165) is 17.2 Å². The third-order valence-electron chi connectivity index (χ3n) is 3.03. The molecule has 0 radical (unpaired) electrons. The van der Waals surface area contributed by atoms with E-state index in [1.807, 2.05) is 30.5 Å². The minimum Gasteiger partial charge on any atom is -0.395 e. The quantitative estimate of drug-likeness (QED) is 0.845. The Morgan fingerprint density at radius 1 is 1.37 bits per heavy atom. The van der Waals surface area contributed by atoms with E-state index < -0.39 is 0 Å². The standard InChI is InChI=1S/C13H18N4O2/c1-9-4-5-10(2)17(9)13-11(8-15-16(13)3)12(19)14-6-7-18/h4-5,8,18H,6-7H2,1-3H3,(H,14,19). The van der Waals surface area contributed by atoms with Gasteiger partial charge >= 0.3 is 0 Å². The number of aromatic nitrogens is 3. The molecule has 1 amide bonds. The highest BCUT2D eigenvalue weighted by Gasteiger charge is 2.19. The highest BCUT2D eigenvalue weighted by Crippen LogP contribution is 2.19. The average Bonchev–Trinajstić information content (AvgIpc) is 2.90. The van der Waals surface area contributed by atoms with Crippen LogP contribution in [0.5, 0.6) is 0 Å². The van der Waals surface area contributed by atoms with Crippen LogP contribution in [0.4, 0.5) is 0 Å². The molecule has 0 atom stereocenters. The highest BCUT2D eigenvalue weighted by atomic mass is 16.3. The maximum absolute atomic E-state index is 12.1. The highest BCUT2D eigenvalue weighted by molar-refractivity contribution is 5.97. The predicted molar refractivity (Wildman–Crippen MR) is 71.4 cm³/mol. The van der Waals surface area contributed by atoms with Crippen LogP contribution in [0.2, 0.25) is 0 Å². The van der Waals surface area contributed by atoms with E-state index in [4.69, 9.17) is 5.11 Å². The van der Waals surface area contributed by atoms with Gasteiger partial charge in [0.25, 0.3) is 5.91 Å². The van der Waals surface area contributed by atoms with Crippen molar-refractivity contribution in [2.45, 2.75) is 13.8 Å². The van der Waals surface area contributed by atoms with E-state index in [0.29, 0.717) is 5.56 Å². The average molecular weight is 262 g/mol. The van der Waals surface area contributed by atoms with E-state index in [9.17, 15) is 4.79 Å². The fourth-order valence-corrected chi connectivity index (χ4v) is 2.12. The Morgan fingerprint density at radius 3 is 2.58 bits per heavy atom. The molecule has 0 bridgehead atoms. The molecule has 19 heavy (non-hydrogen) atoms. The van der Waals surface area contributed by atoms with Crippen molar-refractivity contribution >= 4 is 5.91 Å². The van der Waals surface area contributed by atoms with E-state index >= 15 is 0 Å². The van der Waals surface area contributed by atoms with E-state index in [1.54, 1.807) is 17.9 Å². The summed E-state index contributed by atoms with van der Waals surface area (Å²) >= 11 is 0. The number of aliphatic hydroxyl groups excluding tert-OH is 1. The Hall–Kier alpha value is -2.08. The molecule has 6 heteroatoms. The molecule has 2 N–H and O–H groups in total. The number of amides is 1. The molecule has 2 rings (SSSR count). The summed E-state index contributed by atoms with van der Waals surface area (Å²) in [7, 11) is 1.80. The normalized spacial score (nSPS) is 10.7. The Labute approximate surface area is 111 Å². The lowest BCUT2D eigenvalue weighted by molar-refractivity contribution is 0.0944. The van der Waals surface area contributed by atoms with Gasteiger partial charge in [-0.15, -0.1) is 0 Å². The van der Waals surface area contributed by atoms with Crippen molar-refractivity contribution in [1.29, 1.82) is 0 Å². The molecule has 0 aromatic carbocycles. The Kier molecular flexibility index (Phi) is 3.71. The second kappa shape index (κ2) is 5.27. The second-order valence-corrected chi connectivity index (χ2v) is 4.44. The largest absolute Gasteiger partial charge is 0.395 e. The minimum absolute atomic E-state index is 0.0804. The first kappa shape index (κ1) is 13.4. The van der Waals surface area contributed by atoms with Crippen LogP contribution in [0, 0.1) is 13.8 Å². The van der Waals surface area contributed by atoms with Crippen molar-refractivity contribution in [1.82, 2.24) is 19.7 Å². The first-order chi connectivity index (χ1) is 9.06. The smallest absolute Gasteiger partial charge is 0.256 e. The number of nitrogens with zero attached hydrogens (tertiary/aromatic N) is 3. The molecular weight excluding hydrogens is 244 g/mol. The van der Waals surface area contributed by atoms with Gasteiger partial charge < -0.3 is 15.0 Å². The summed E-state index contributed by atoms with van der Waals surface area (Å²) in [5.74, 6) is 0.500. The molecule has 6 nitrogen and oxygen atoms in total. The first-order valence-corrected chi connectivity index (χ1v) is 6.12. The van der Waals surface area contributed by atoms with Gasteiger partial charge in [-0.05, 0) is 26.0 Å². The van der Waals surface area contributed by atoms with E-state index in [-0.39, 0.29) is 19.1 Å². The van der Waals surface area contributed by atoms with Crippen LogP contribution in [0.15, 0.2) is 18.3 Å². The summed E-state index contributed by atoms with van der Waals surface area (Å²) in [6.07, 6.45) is 1.54. The number of aliphatic hydroxyl groups is 1. The Bertz CT molecular complexity index is 578. The summed E-state index contributed by atoms with van der Waals surface area (Å²) in [5, 5.41) is 15.6. The molecule has 0 aliphatic carbocycles. The lowest BCUT2D eigenvalue weighted by Crippen LogP contribution is -2.27. The van der Waals surface area contributed by atoms with Crippen molar-refractivity contribution in [3.63, 3.8) is 0 Å². The summed E-state index contributed by atoms with van der Waals surface area (Å²) in [5.41, 5.74) is 2.58. The van der Waals surface area contributed by atoms with Crippen LogP contribution in [0.3, 0.4) is 0 Å². The van der Waals surface area contributed by atoms with Crippen molar-refractivity contribution in [3.05, 3.63) is 35.3 Å². The zero-order valence-corrected chi connectivity index (χ0v) is 11.3. The summed E-state index contributed by atoms with van der Waals surface area (Å²) in [6, 6.07) is 4.00. The number of nitrogens with one attached hydrogen (secondary N) is 1. The summed E-state index contributed by atoms with van der Waals surface area (Å²) in [4.78, 5) is 12.1. The van der Waals surface area contributed by atoms with E-state index in [2.05, 4.69) is 10.4 Å². The summed E-state index contributed by atoms with van der Waals surface area (Å²) in [6.45, 7) is 4.12. The van der Waals surface area contributed by atoms with E-state index in [1.165, 1.54) is 0 Å². The fourth-order valence-electron chi connectivity index (χ4n) is 2.12. The minimum atomic E-state index is -0.232. The lowest BCUT2D eigenvalue weighted by Gasteiger charge is -2.12. The zero-order chi connectivity index (χ0) is 14.0. The SMILES string of the molecule is Cc1ccc(C)n1-c1c(C(=O)NCCO)cnn1C. The predicted octanol–water partition coefficient (Wildman–Crippen LogP) is 0.550. The Balaban J connectivity index is 2.47. The number of carbonyl (C=O) groups is 1. The Morgan fingerprint density at radius 2 is 2.00 bits per heavy atom. The topological polar surface area (TPSA) is 72.1 Å². The third-order valence-corrected chi connectivity index (χ3v) is 3.03. The number of aryl methyl sites for hydroxylation is 3.